The number of H-pyrrole nitrogens is 2. The molecule has 3 aliphatic heterocycles. The highest BCUT2D eigenvalue weighted by molar-refractivity contribution is 5.88. The van der Waals surface area contributed by atoms with Gasteiger partial charge in [-0.05, 0) is 65.0 Å². The van der Waals surface area contributed by atoms with Gasteiger partial charge in [0.1, 0.15) is 17.7 Å². The number of nitrogens with one attached hydrogen (secondary N) is 3. The first-order valence-electron chi connectivity index (χ1n) is 21.7. The lowest BCUT2D eigenvalue weighted by Crippen LogP contribution is -2.51. The zero-order valence-corrected chi connectivity index (χ0v) is 35.4. The van der Waals surface area contributed by atoms with E-state index >= 15 is 0 Å². The molecule has 5 heterocycles. The molecule has 12 heteroatoms. The Kier molecular flexibility index (Phi) is 11.5. The maximum atomic E-state index is 14.8. The van der Waals surface area contributed by atoms with Gasteiger partial charge >= 0.3 is 6.09 Å². The van der Waals surface area contributed by atoms with Gasteiger partial charge in [-0.1, -0.05) is 123 Å². The summed E-state index contributed by atoms with van der Waals surface area (Å²) in [6, 6.07) is 35.7. The van der Waals surface area contributed by atoms with Crippen LogP contribution in [0.3, 0.4) is 0 Å². The first-order chi connectivity index (χ1) is 30.2. The lowest BCUT2D eigenvalue weighted by atomic mass is 9.90. The maximum absolute atomic E-state index is 14.8. The van der Waals surface area contributed by atoms with E-state index < -0.39 is 18.1 Å². The van der Waals surface area contributed by atoms with Crippen LogP contribution in [-0.2, 0) is 19.1 Å². The molecule has 318 valence electrons. The molecule has 3 fully saturated rings. The number of hydrogen-bond acceptors (Lipinski definition) is 7. The van der Waals surface area contributed by atoms with Gasteiger partial charge in [-0.15, -0.1) is 0 Å². The van der Waals surface area contributed by atoms with E-state index in [1.807, 2.05) is 96.7 Å². The number of amides is 3. The average molecular weight is 832 g/mol. The van der Waals surface area contributed by atoms with Gasteiger partial charge in [0.15, 0.2) is 0 Å². The number of likely N-dealkylation sites (tertiary alicyclic amines) is 2. The minimum Gasteiger partial charge on any atom is -0.453 e. The van der Waals surface area contributed by atoms with Crippen LogP contribution in [0.5, 0.6) is 0 Å². The molecule has 0 saturated carbocycles. The van der Waals surface area contributed by atoms with Gasteiger partial charge in [-0.2, -0.15) is 0 Å². The Bertz CT molecular complexity index is 2450. The summed E-state index contributed by atoms with van der Waals surface area (Å²) in [4.78, 5) is 60.9. The number of carbonyl (C=O) groups is 3. The number of ether oxygens (including phenoxy) is 2. The molecule has 0 aliphatic carbocycles. The second kappa shape index (κ2) is 17.4. The monoisotopic (exact) mass is 831 g/mol. The molecule has 62 heavy (non-hydrogen) atoms. The van der Waals surface area contributed by atoms with Crippen molar-refractivity contribution in [2.24, 2.45) is 5.92 Å². The molecule has 1 spiro atoms. The number of benzene rings is 4. The highest BCUT2D eigenvalue weighted by Crippen LogP contribution is 2.46. The molecule has 3 N–H and O–H groups in total. The van der Waals surface area contributed by atoms with Crippen molar-refractivity contribution in [3.05, 3.63) is 144 Å². The first kappa shape index (κ1) is 40.9. The molecule has 3 aliphatic rings. The van der Waals surface area contributed by atoms with E-state index in [-0.39, 0.29) is 35.4 Å². The van der Waals surface area contributed by atoms with Gasteiger partial charge in [-0.25, -0.2) is 14.8 Å². The highest BCUT2D eigenvalue weighted by Gasteiger charge is 2.51. The third-order valence-electron chi connectivity index (χ3n) is 12.9. The van der Waals surface area contributed by atoms with Crippen LogP contribution in [0.25, 0.3) is 33.6 Å². The van der Waals surface area contributed by atoms with E-state index in [1.165, 1.54) is 7.11 Å². The number of methoxy groups -OCH3 is 1. The van der Waals surface area contributed by atoms with Gasteiger partial charge in [0.05, 0.1) is 61.0 Å². The van der Waals surface area contributed by atoms with Crippen LogP contribution in [0.1, 0.15) is 86.7 Å². The van der Waals surface area contributed by atoms with Crippen LogP contribution in [0.2, 0.25) is 0 Å². The van der Waals surface area contributed by atoms with Crippen molar-refractivity contribution in [3.8, 4) is 33.6 Å². The predicted molar refractivity (Wildman–Crippen MR) is 237 cm³/mol. The Labute approximate surface area is 362 Å². The van der Waals surface area contributed by atoms with Gasteiger partial charge < -0.3 is 34.6 Å². The third-order valence-corrected chi connectivity index (χ3v) is 12.9. The molecule has 4 aromatic carbocycles. The van der Waals surface area contributed by atoms with Gasteiger partial charge in [0.2, 0.25) is 11.8 Å². The Morgan fingerprint density at radius 2 is 1.27 bits per heavy atom. The molecule has 12 nitrogen and oxygen atoms in total. The Hall–Kier alpha value is -6.53. The number of aromatic amines is 2. The van der Waals surface area contributed by atoms with Crippen LogP contribution in [0.4, 0.5) is 4.79 Å². The molecule has 0 bridgehead atoms. The van der Waals surface area contributed by atoms with E-state index in [9.17, 15) is 14.4 Å². The second-order valence-corrected chi connectivity index (χ2v) is 17.1. The topological polar surface area (TPSA) is 146 Å². The molecular formula is C50H53N7O5. The number of rotatable bonds is 11. The number of imidazole rings is 2. The summed E-state index contributed by atoms with van der Waals surface area (Å²) in [5, 5.41) is 2.71. The van der Waals surface area contributed by atoms with Crippen LogP contribution < -0.4 is 5.32 Å². The van der Waals surface area contributed by atoms with Gasteiger partial charge in [-0.3, -0.25) is 9.59 Å². The Balaban J connectivity index is 0.897. The number of alkyl carbamates (subject to hydrolysis) is 1. The summed E-state index contributed by atoms with van der Waals surface area (Å²) >= 11 is 0. The van der Waals surface area contributed by atoms with Crippen molar-refractivity contribution in [3.63, 3.8) is 0 Å². The SMILES string of the molecule is COC(=O)N[C@H](C(=O)N1CCC[C@H]1c1ncc(-c2ccc(-c3ccc(-c4cnc([C@@H]5C[C@@]6(CCCO6)CN5C(=O)C(c5ccccc5)c5ccccc5)[nH]4)cc3)cc2)[nH]1)C(C)C. The second-order valence-electron chi connectivity index (χ2n) is 17.1. The third kappa shape index (κ3) is 8.14. The van der Waals surface area contributed by atoms with Crippen molar-refractivity contribution in [2.45, 2.75) is 75.6 Å². The molecule has 3 saturated heterocycles. The molecule has 6 aromatic rings. The first-order valence-corrected chi connectivity index (χ1v) is 21.7. The van der Waals surface area contributed by atoms with E-state index in [4.69, 9.17) is 19.4 Å². The van der Waals surface area contributed by atoms with Crippen LogP contribution in [0, 0.1) is 5.92 Å². The zero-order chi connectivity index (χ0) is 42.8. The quantitative estimate of drug-likeness (QED) is 0.118. The van der Waals surface area contributed by atoms with E-state index in [0.29, 0.717) is 26.1 Å². The smallest absolute Gasteiger partial charge is 0.407 e. The summed E-state index contributed by atoms with van der Waals surface area (Å²) in [5.41, 5.74) is 7.46. The van der Waals surface area contributed by atoms with Crippen molar-refractivity contribution < 1.29 is 23.9 Å². The summed E-state index contributed by atoms with van der Waals surface area (Å²) in [6.07, 6.45) is 7.32. The fraction of sp³-hybridized carbons (Fsp3) is 0.340. The average Bonchev–Trinajstić information content (AvgIpc) is 4.17. The van der Waals surface area contributed by atoms with Crippen LogP contribution >= 0.6 is 0 Å². The Morgan fingerprint density at radius 1 is 0.726 bits per heavy atom. The number of carbonyl (C=O) groups excluding carboxylic acids is 3. The summed E-state index contributed by atoms with van der Waals surface area (Å²) in [7, 11) is 1.30. The normalized spacial score (nSPS) is 20.3. The molecule has 3 amide bonds. The number of aromatic nitrogens is 4. The standard InChI is InChI=1S/C50H53N7O5/c1-32(2)44(55-49(60)61-3)48(59)56-26-10-16-41(56)45-51-29-39(53-45)35-21-17-33(18-22-35)34-19-23-36(24-20-34)40-30-52-46(54-40)42-28-50(25-11-27-62-50)31-57(42)47(58)43(37-12-6-4-7-13-37)38-14-8-5-9-15-38/h4-9,12-15,17-24,29-30,32,41-44H,10-11,16,25-28,31H2,1-3H3,(H,51,53)(H,52,54)(H,55,60)/t41-,42-,44-,50-/m0/s1. The molecule has 9 rings (SSSR count). The lowest BCUT2D eigenvalue weighted by molar-refractivity contribution is -0.135. The highest BCUT2D eigenvalue weighted by atomic mass is 16.5. The number of nitrogens with zero attached hydrogens (tertiary/aromatic N) is 4. The largest absolute Gasteiger partial charge is 0.453 e. The van der Waals surface area contributed by atoms with Gasteiger partial charge in [0.25, 0.3) is 0 Å². The van der Waals surface area contributed by atoms with Crippen LogP contribution in [-0.4, -0.2) is 86.1 Å². The lowest BCUT2D eigenvalue weighted by Gasteiger charge is -2.30. The van der Waals surface area contributed by atoms with Gasteiger partial charge in [0, 0.05) is 19.6 Å². The van der Waals surface area contributed by atoms with Crippen molar-refractivity contribution in [2.75, 3.05) is 26.8 Å². The van der Waals surface area contributed by atoms with Crippen molar-refractivity contribution >= 4 is 17.9 Å². The fourth-order valence-electron chi connectivity index (χ4n) is 9.58. The minimum absolute atomic E-state index is 0.0552. The maximum Gasteiger partial charge on any atom is 0.407 e. The van der Waals surface area contributed by atoms with Crippen molar-refractivity contribution in [1.29, 1.82) is 0 Å². The molecule has 4 atom stereocenters. The van der Waals surface area contributed by atoms with E-state index in [1.54, 1.807) is 0 Å². The van der Waals surface area contributed by atoms with Crippen LogP contribution in [0.15, 0.2) is 122 Å². The Morgan fingerprint density at radius 3 is 1.79 bits per heavy atom. The minimum atomic E-state index is -0.685. The van der Waals surface area contributed by atoms with E-state index in [2.05, 4.69) is 63.8 Å². The van der Waals surface area contributed by atoms with Crippen molar-refractivity contribution in [1.82, 2.24) is 35.1 Å². The summed E-state index contributed by atoms with van der Waals surface area (Å²) in [5.74, 6) is 0.880. The predicted octanol–water partition coefficient (Wildman–Crippen LogP) is 8.83. The number of hydrogen-bond donors (Lipinski definition) is 3. The molecule has 0 radical (unpaired) electrons. The zero-order valence-electron chi connectivity index (χ0n) is 35.4. The summed E-state index contributed by atoms with van der Waals surface area (Å²) < 4.78 is 11.2. The summed E-state index contributed by atoms with van der Waals surface area (Å²) in [6.45, 7) is 5.66. The van der Waals surface area contributed by atoms with E-state index in [0.717, 1.165) is 82.1 Å². The molecule has 0 unspecified atom stereocenters. The molecular weight excluding hydrogens is 779 g/mol. The fourth-order valence-corrected chi connectivity index (χ4v) is 9.58. The molecule has 2 aromatic heterocycles.